The lowest BCUT2D eigenvalue weighted by Crippen LogP contribution is -2.49. The number of hydrogen-bond acceptors (Lipinski definition) is 4. The van der Waals surface area contributed by atoms with Crippen LogP contribution in [0.1, 0.15) is 29.8 Å². The predicted molar refractivity (Wildman–Crippen MR) is 123 cm³/mol. The summed E-state index contributed by atoms with van der Waals surface area (Å²) < 4.78 is 2.86. The zero-order chi connectivity index (χ0) is 21.8. The summed E-state index contributed by atoms with van der Waals surface area (Å²) in [5.41, 5.74) is 2.36. The smallest absolute Gasteiger partial charge is 0.251 e. The largest absolute Gasteiger partial charge is 0.350 e. The van der Waals surface area contributed by atoms with Gasteiger partial charge in [0.05, 0.1) is 10.2 Å². The second kappa shape index (κ2) is 9.14. The first-order chi connectivity index (χ1) is 15.0. The van der Waals surface area contributed by atoms with Gasteiger partial charge in [-0.2, -0.15) is 0 Å². The molecule has 0 fully saturated rings. The van der Waals surface area contributed by atoms with Crippen LogP contribution >= 0.6 is 11.3 Å². The molecule has 0 bridgehead atoms. The molecular weight excluding hydrogens is 408 g/mol. The molecule has 0 spiro atoms. The first-order valence-corrected chi connectivity index (χ1v) is 11.0. The average molecular weight is 433 g/mol. The molecule has 2 aromatic heterocycles. The number of nitrogens with zero attached hydrogens (tertiary/aromatic N) is 2. The molecule has 2 N–H and O–H groups in total. The highest BCUT2D eigenvalue weighted by molar-refractivity contribution is 7.20. The van der Waals surface area contributed by atoms with E-state index in [1.165, 1.54) is 11.3 Å². The van der Waals surface area contributed by atoms with Gasteiger partial charge in [-0.25, -0.2) is 4.98 Å². The second-order valence-corrected chi connectivity index (χ2v) is 8.68. The second-order valence-electron chi connectivity index (χ2n) is 7.67. The molecule has 0 aliphatic rings. The van der Waals surface area contributed by atoms with Crippen LogP contribution in [-0.4, -0.2) is 27.4 Å². The van der Waals surface area contributed by atoms with Crippen molar-refractivity contribution in [1.29, 1.82) is 0 Å². The van der Waals surface area contributed by atoms with Gasteiger partial charge < -0.3 is 15.2 Å². The number of thiazole rings is 1. The Morgan fingerprint density at radius 2 is 1.77 bits per heavy atom. The number of amides is 2. The van der Waals surface area contributed by atoms with Gasteiger partial charge in [0.25, 0.3) is 5.91 Å². The number of fused-ring (bicyclic) bond motifs is 1. The van der Waals surface area contributed by atoms with Crippen molar-refractivity contribution in [2.24, 2.45) is 5.92 Å². The van der Waals surface area contributed by atoms with E-state index in [9.17, 15) is 9.59 Å². The van der Waals surface area contributed by atoms with Crippen LogP contribution < -0.4 is 10.6 Å². The minimum atomic E-state index is -0.621. The molecule has 0 aliphatic carbocycles. The Bertz CT molecular complexity index is 1180. The molecule has 4 rings (SSSR count). The highest BCUT2D eigenvalue weighted by Gasteiger charge is 2.24. The van der Waals surface area contributed by atoms with Gasteiger partial charge in [0.1, 0.15) is 6.04 Å². The Hall–Kier alpha value is -3.45. The number of carbonyl (C=O) groups is 2. The minimum absolute atomic E-state index is 0.0489. The van der Waals surface area contributed by atoms with Gasteiger partial charge in [0, 0.05) is 24.5 Å². The van der Waals surface area contributed by atoms with Crippen LogP contribution in [0.3, 0.4) is 0 Å². The van der Waals surface area contributed by atoms with Gasteiger partial charge in [-0.3, -0.25) is 9.59 Å². The zero-order valence-electron chi connectivity index (χ0n) is 17.4. The first-order valence-electron chi connectivity index (χ1n) is 10.2. The van der Waals surface area contributed by atoms with Crippen molar-refractivity contribution in [2.75, 3.05) is 0 Å². The van der Waals surface area contributed by atoms with Crippen molar-refractivity contribution in [1.82, 2.24) is 20.2 Å². The standard InChI is InChI=1S/C24H24N4O2S/c1-16(2)21(23(30)25-15-17-8-4-3-5-9-17)27-22(29)18-10-11-19-20(14-18)31-24(26-19)28-12-6-7-13-28/h3-14,16,21H,15H2,1-2H3,(H,25,30)(H,27,29). The SMILES string of the molecule is CC(C)C(NC(=O)c1ccc2nc(-n3cccc3)sc2c1)C(=O)NCc1ccccc1. The third kappa shape index (κ3) is 4.83. The Balaban J connectivity index is 1.46. The van der Waals surface area contributed by atoms with Crippen LogP contribution in [0.2, 0.25) is 0 Å². The number of rotatable bonds is 7. The minimum Gasteiger partial charge on any atom is -0.350 e. The van der Waals surface area contributed by atoms with E-state index < -0.39 is 6.04 Å². The highest BCUT2D eigenvalue weighted by atomic mass is 32.1. The molecule has 7 heteroatoms. The van der Waals surface area contributed by atoms with E-state index in [-0.39, 0.29) is 17.7 Å². The summed E-state index contributed by atoms with van der Waals surface area (Å²) in [4.78, 5) is 30.3. The van der Waals surface area contributed by atoms with Crippen molar-refractivity contribution >= 4 is 33.4 Å². The summed E-state index contributed by atoms with van der Waals surface area (Å²) in [6, 6.07) is 18.4. The van der Waals surface area contributed by atoms with Crippen LogP contribution in [-0.2, 0) is 11.3 Å². The summed E-state index contributed by atoms with van der Waals surface area (Å²) in [6.07, 6.45) is 3.87. The maximum Gasteiger partial charge on any atom is 0.251 e. The van der Waals surface area contributed by atoms with E-state index >= 15 is 0 Å². The average Bonchev–Trinajstić information content (AvgIpc) is 3.45. The molecule has 1 atom stereocenters. The van der Waals surface area contributed by atoms with Gasteiger partial charge in [0.15, 0.2) is 5.13 Å². The van der Waals surface area contributed by atoms with Gasteiger partial charge in [0.2, 0.25) is 5.91 Å². The summed E-state index contributed by atoms with van der Waals surface area (Å²) in [5.74, 6) is -0.514. The molecule has 4 aromatic rings. The normalized spacial score (nSPS) is 12.1. The monoisotopic (exact) mass is 432 g/mol. The molecule has 2 heterocycles. The predicted octanol–water partition coefficient (Wildman–Crippen LogP) is 4.16. The number of hydrogen-bond donors (Lipinski definition) is 2. The molecule has 0 saturated heterocycles. The van der Waals surface area contributed by atoms with Crippen LogP contribution in [0, 0.1) is 5.92 Å². The van der Waals surface area contributed by atoms with Crippen LogP contribution in [0.15, 0.2) is 73.1 Å². The number of benzene rings is 2. The molecule has 31 heavy (non-hydrogen) atoms. The first kappa shape index (κ1) is 20.8. The molecule has 0 radical (unpaired) electrons. The van der Waals surface area contributed by atoms with Gasteiger partial charge in [-0.1, -0.05) is 55.5 Å². The quantitative estimate of drug-likeness (QED) is 0.460. The van der Waals surface area contributed by atoms with E-state index in [4.69, 9.17) is 0 Å². The van der Waals surface area contributed by atoms with Crippen molar-refractivity contribution in [3.63, 3.8) is 0 Å². The molecule has 0 aliphatic heterocycles. The summed E-state index contributed by atoms with van der Waals surface area (Å²) in [7, 11) is 0. The van der Waals surface area contributed by atoms with E-state index in [2.05, 4.69) is 15.6 Å². The zero-order valence-corrected chi connectivity index (χ0v) is 18.2. The molecule has 6 nitrogen and oxygen atoms in total. The fourth-order valence-corrected chi connectivity index (χ4v) is 4.25. The van der Waals surface area contributed by atoms with Gasteiger partial charge in [-0.15, -0.1) is 0 Å². The van der Waals surface area contributed by atoms with E-state index in [0.717, 1.165) is 20.9 Å². The third-order valence-electron chi connectivity index (χ3n) is 5.01. The fourth-order valence-electron chi connectivity index (χ4n) is 3.28. The van der Waals surface area contributed by atoms with Gasteiger partial charge >= 0.3 is 0 Å². The molecular formula is C24H24N4O2S. The van der Waals surface area contributed by atoms with Crippen molar-refractivity contribution in [2.45, 2.75) is 26.4 Å². The molecule has 2 aromatic carbocycles. The van der Waals surface area contributed by atoms with Crippen LogP contribution in [0.4, 0.5) is 0 Å². The highest BCUT2D eigenvalue weighted by Crippen LogP contribution is 2.26. The Kier molecular flexibility index (Phi) is 6.13. The van der Waals surface area contributed by atoms with Gasteiger partial charge in [-0.05, 0) is 41.8 Å². The molecule has 1 unspecified atom stereocenters. The Morgan fingerprint density at radius 1 is 1.03 bits per heavy atom. The van der Waals surface area contributed by atoms with Crippen molar-refractivity contribution in [3.8, 4) is 5.13 Å². The van der Waals surface area contributed by atoms with Crippen LogP contribution in [0.25, 0.3) is 15.3 Å². The van der Waals surface area contributed by atoms with Crippen molar-refractivity contribution in [3.05, 3.63) is 84.2 Å². The maximum atomic E-state index is 12.9. The lowest BCUT2D eigenvalue weighted by atomic mass is 10.0. The van der Waals surface area contributed by atoms with Crippen molar-refractivity contribution < 1.29 is 9.59 Å². The lowest BCUT2D eigenvalue weighted by Gasteiger charge is -2.22. The lowest BCUT2D eigenvalue weighted by molar-refractivity contribution is -0.124. The number of aromatic nitrogens is 2. The maximum absolute atomic E-state index is 12.9. The topological polar surface area (TPSA) is 76.0 Å². The summed E-state index contributed by atoms with van der Waals surface area (Å²) in [5, 5.41) is 6.66. The number of carbonyl (C=O) groups excluding carboxylic acids is 2. The van der Waals surface area contributed by atoms with Crippen LogP contribution in [0.5, 0.6) is 0 Å². The molecule has 158 valence electrons. The summed E-state index contributed by atoms with van der Waals surface area (Å²) >= 11 is 1.52. The van der Waals surface area contributed by atoms with E-state index in [1.54, 1.807) is 6.07 Å². The Labute approximate surface area is 184 Å². The third-order valence-corrected chi connectivity index (χ3v) is 6.04. The fraction of sp³-hybridized carbons (Fsp3) is 0.208. The Morgan fingerprint density at radius 3 is 2.48 bits per heavy atom. The molecule has 0 saturated carbocycles. The number of nitrogens with one attached hydrogen (secondary N) is 2. The molecule has 2 amide bonds. The summed E-state index contributed by atoms with van der Waals surface area (Å²) in [6.45, 7) is 4.26. The van der Waals surface area contributed by atoms with E-state index in [1.807, 2.05) is 85.4 Å². The van der Waals surface area contributed by atoms with E-state index in [0.29, 0.717) is 12.1 Å².